The van der Waals surface area contributed by atoms with Gasteiger partial charge in [-0.05, 0) is 29.7 Å². The van der Waals surface area contributed by atoms with E-state index in [9.17, 15) is 0 Å². The lowest BCUT2D eigenvalue weighted by atomic mass is 10.1. The fourth-order valence-electron chi connectivity index (χ4n) is 1.75. The van der Waals surface area contributed by atoms with E-state index in [1.807, 2.05) is 30.3 Å². The first-order valence-corrected chi connectivity index (χ1v) is 7.07. The van der Waals surface area contributed by atoms with Crippen LogP contribution in [0.1, 0.15) is 11.1 Å². The van der Waals surface area contributed by atoms with Crippen molar-refractivity contribution in [1.29, 1.82) is 0 Å². The molecule has 0 unspecified atom stereocenters. The highest BCUT2D eigenvalue weighted by Crippen LogP contribution is 2.24. The molecular formula is C15H17N3S. The molecule has 0 radical (unpaired) electrons. The van der Waals surface area contributed by atoms with Crippen LogP contribution in [-0.4, -0.2) is 12.0 Å². The molecule has 2 rings (SSSR count). The number of nitrogen functional groups attached to an aromatic ring is 1. The van der Waals surface area contributed by atoms with Gasteiger partial charge in [0.25, 0.3) is 0 Å². The summed E-state index contributed by atoms with van der Waals surface area (Å²) in [6, 6.07) is 16.2. The first kappa shape index (κ1) is 13.5. The topological polar surface area (TPSA) is 64.4 Å². The molecule has 0 aliphatic carbocycles. The van der Waals surface area contributed by atoms with Crippen molar-refractivity contribution in [2.45, 2.75) is 11.3 Å². The van der Waals surface area contributed by atoms with E-state index in [-0.39, 0.29) is 0 Å². The third-order valence-corrected chi connectivity index (χ3v) is 3.86. The second kappa shape index (κ2) is 6.85. The first-order chi connectivity index (χ1) is 9.29. The predicted molar refractivity (Wildman–Crippen MR) is 83.5 cm³/mol. The molecule has 0 aromatic heterocycles. The lowest BCUT2D eigenvalue weighted by Gasteiger charge is -2.05. The number of aryl methyl sites for hydroxylation is 1. The minimum atomic E-state index is 0.849. The van der Waals surface area contributed by atoms with Crippen molar-refractivity contribution in [2.75, 3.05) is 11.5 Å². The Bertz CT molecular complexity index is 550. The Morgan fingerprint density at radius 2 is 1.79 bits per heavy atom. The maximum atomic E-state index is 5.91. The molecule has 98 valence electrons. The number of hydrogen-bond donors (Lipinski definition) is 2. The number of thioether (sulfide) groups is 1. The number of nitrogens with zero attached hydrogens (tertiary/aromatic N) is 1. The van der Waals surface area contributed by atoms with E-state index in [2.05, 4.69) is 23.3 Å². The number of hydrazone groups is 1. The monoisotopic (exact) mass is 271 g/mol. The van der Waals surface area contributed by atoms with Crippen LogP contribution < -0.4 is 11.6 Å². The van der Waals surface area contributed by atoms with Crippen LogP contribution in [0.5, 0.6) is 0 Å². The van der Waals surface area contributed by atoms with Crippen molar-refractivity contribution < 1.29 is 0 Å². The minimum absolute atomic E-state index is 0.849. The summed E-state index contributed by atoms with van der Waals surface area (Å²) in [7, 11) is 0. The van der Waals surface area contributed by atoms with Crippen molar-refractivity contribution in [2.24, 2.45) is 10.9 Å². The maximum absolute atomic E-state index is 5.91. The molecule has 4 N–H and O–H groups in total. The third-order valence-electron chi connectivity index (χ3n) is 2.77. The van der Waals surface area contributed by atoms with Crippen molar-refractivity contribution in [3.8, 4) is 0 Å². The largest absolute Gasteiger partial charge is 0.398 e. The minimum Gasteiger partial charge on any atom is -0.398 e. The normalized spacial score (nSPS) is 10.9. The van der Waals surface area contributed by atoms with Crippen molar-refractivity contribution >= 4 is 23.7 Å². The van der Waals surface area contributed by atoms with Gasteiger partial charge in [0, 0.05) is 16.3 Å². The molecule has 19 heavy (non-hydrogen) atoms. The fourth-order valence-corrected chi connectivity index (χ4v) is 2.71. The summed E-state index contributed by atoms with van der Waals surface area (Å²) in [6.07, 6.45) is 2.66. The van der Waals surface area contributed by atoms with Gasteiger partial charge in [-0.15, -0.1) is 11.8 Å². The highest BCUT2D eigenvalue weighted by molar-refractivity contribution is 7.99. The average Bonchev–Trinajstić information content (AvgIpc) is 2.43. The number of benzene rings is 2. The van der Waals surface area contributed by atoms with Gasteiger partial charge in [-0.1, -0.05) is 36.4 Å². The Morgan fingerprint density at radius 1 is 1.05 bits per heavy atom. The molecule has 0 bridgehead atoms. The van der Waals surface area contributed by atoms with Gasteiger partial charge < -0.3 is 11.6 Å². The quantitative estimate of drug-likeness (QED) is 0.289. The first-order valence-electron chi connectivity index (χ1n) is 6.09. The van der Waals surface area contributed by atoms with Crippen LogP contribution in [0.4, 0.5) is 5.69 Å². The summed E-state index contributed by atoms with van der Waals surface area (Å²) in [5.41, 5.74) is 9.08. The molecule has 0 atom stereocenters. The van der Waals surface area contributed by atoms with Crippen LogP contribution in [0.25, 0.3) is 0 Å². The van der Waals surface area contributed by atoms with Gasteiger partial charge >= 0.3 is 0 Å². The molecule has 0 heterocycles. The predicted octanol–water partition coefficient (Wildman–Crippen LogP) is 2.90. The smallest absolute Gasteiger partial charge is 0.0538 e. The van der Waals surface area contributed by atoms with E-state index in [1.54, 1.807) is 18.0 Å². The molecule has 0 aliphatic heterocycles. The van der Waals surface area contributed by atoms with Crippen molar-refractivity contribution in [3.63, 3.8) is 0 Å². The molecule has 3 nitrogen and oxygen atoms in total. The fraction of sp³-hybridized carbons (Fsp3) is 0.133. The zero-order chi connectivity index (χ0) is 13.5. The SMILES string of the molecule is N/N=C\c1ccc(CCSc2ccccc2N)cc1. The van der Waals surface area contributed by atoms with E-state index in [0.29, 0.717) is 0 Å². The van der Waals surface area contributed by atoms with E-state index in [1.165, 1.54) is 5.56 Å². The number of rotatable bonds is 5. The standard InChI is InChI=1S/C15H17N3S/c16-14-3-1-2-4-15(14)19-10-9-12-5-7-13(8-6-12)11-18-17/h1-8,11H,9-10,16-17H2/b18-11-. The lowest BCUT2D eigenvalue weighted by molar-refractivity contribution is 1.15. The zero-order valence-electron chi connectivity index (χ0n) is 10.6. The van der Waals surface area contributed by atoms with Gasteiger partial charge in [-0.25, -0.2) is 0 Å². The second-order valence-electron chi connectivity index (χ2n) is 4.16. The number of para-hydroxylation sites is 1. The van der Waals surface area contributed by atoms with Crippen LogP contribution in [0, 0.1) is 0 Å². The molecule has 4 heteroatoms. The Balaban J connectivity index is 1.87. The maximum Gasteiger partial charge on any atom is 0.0538 e. The zero-order valence-corrected chi connectivity index (χ0v) is 11.4. The summed E-state index contributed by atoms with van der Waals surface area (Å²) in [4.78, 5) is 1.15. The lowest BCUT2D eigenvalue weighted by Crippen LogP contribution is -1.92. The second-order valence-corrected chi connectivity index (χ2v) is 5.29. The molecule has 2 aromatic carbocycles. The van der Waals surface area contributed by atoms with Gasteiger partial charge in [-0.2, -0.15) is 5.10 Å². The number of nitrogens with two attached hydrogens (primary N) is 2. The molecule has 0 saturated heterocycles. The molecule has 2 aromatic rings. The highest BCUT2D eigenvalue weighted by Gasteiger charge is 1.99. The summed E-state index contributed by atoms with van der Waals surface area (Å²) in [5, 5.41) is 3.50. The van der Waals surface area contributed by atoms with Crippen molar-refractivity contribution in [3.05, 3.63) is 59.7 Å². The summed E-state index contributed by atoms with van der Waals surface area (Å²) in [6.45, 7) is 0. The van der Waals surface area contributed by atoms with E-state index < -0.39 is 0 Å². The van der Waals surface area contributed by atoms with Crippen LogP contribution >= 0.6 is 11.8 Å². The van der Waals surface area contributed by atoms with E-state index in [0.717, 1.165) is 28.3 Å². The summed E-state index contributed by atoms with van der Waals surface area (Å²) < 4.78 is 0. The molecular weight excluding hydrogens is 254 g/mol. The molecule has 0 fully saturated rings. The van der Waals surface area contributed by atoms with Gasteiger partial charge in [-0.3, -0.25) is 0 Å². The molecule has 0 amide bonds. The Labute approximate surface area is 117 Å². The Kier molecular flexibility index (Phi) is 4.86. The summed E-state index contributed by atoms with van der Waals surface area (Å²) >= 11 is 1.79. The molecule has 0 aliphatic rings. The highest BCUT2D eigenvalue weighted by atomic mass is 32.2. The Hall–Kier alpha value is -1.94. The van der Waals surface area contributed by atoms with Crippen LogP contribution in [0.2, 0.25) is 0 Å². The number of hydrogen-bond acceptors (Lipinski definition) is 4. The molecule has 0 saturated carbocycles. The average molecular weight is 271 g/mol. The third kappa shape index (κ3) is 4.03. The van der Waals surface area contributed by atoms with Gasteiger partial charge in [0.2, 0.25) is 0 Å². The van der Waals surface area contributed by atoms with Crippen LogP contribution in [0.15, 0.2) is 58.5 Å². The van der Waals surface area contributed by atoms with E-state index >= 15 is 0 Å². The van der Waals surface area contributed by atoms with Gasteiger partial charge in [0.15, 0.2) is 0 Å². The van der Waals surface area contributed by atoms with E-state index in [4.69, 9.17) is 11.6 Å². The number of anilines is 1. The summed E-state index contributed by atoms with van der Waals surface area (Å²) in [5.74, 6) is 6.12. The molecule has 0 spiro atoms. The van der Waals surface area contributed by atoms with Crippen LogP contribution in [0.3, 0.4) is 0 Å². The Morgan fingerprint density at radius 3 is 2.47 bits per heavy atom. The van der Waals surface area contributed by atoms with Crippen molar-refractivity contribution in [1.82, 2.24) is 0 Å². The van der Waals surface area contributed by atoms with Gasteiger partial charge in [0.05, 0.1) is 6.21 Å². The van der Waals surface area contributed by atoms with Gasteiger partial charge in [0.1, 0.15) is 0 Å². The van der Waals surface area contributed by atoms with Crippen LogP contribution in [-0.2, 0) is 6.42 Å².